The van der Waals surface area contributed by atoms with Crippen molar-refractivity contribution in [3.63, 3.8) is 0 Å². The first-order chi connectivity index (χ1) is 21.8. The summed E-state index contributed by atoms with van der Waals surface area (Å²) in [6.45, 7) is 5.72. The molecule has 0 unspecified atom stereocenters. The van der Waals surface area contributed by atoms with Crippen LogP contribution < -0.4 is 5.32 Å². The van der Waals surface area contributed by atoms with Gasteiger partial charge in [0.05, 0.1) is 5.56 Å². The highest BCUT2D eigenvalue weighted by molar-refractivity contribution is 6.09. The molecule has 0 saturated carbocycles. The average Bonchev–Trinajstić information content (AvgIpc) is 3.37. The summed E-state index contributed by atoms with van der Waals surface area (Å²) in [4.78, 5) is 15.8. The molecule has 1 N–H and O–H groups in total. The minimum atomic E-state index is -4.41. The van der Waals surface area contributed by atoms with Gasteiger partial charge in [0.25, 0.3) is 5.91 Å². The zero-order valence-corrected chi connectivity index (χ0v) is 24.9. The molecule has 4 nitrogen and oxygen atoms in total. The second-order valence-electron chi connectivity index (χ2n) is 11.6. The number of nitrogens with one attached hydrogen (secondary N) is 1. The molecule has 45 heavy (non-hydrogen) atoms. The Morgan fingerprint density at radius 3 is 2.36 bits per heavy atom. The maximum Gasteiger partial charge on any atom is 0.416 e. The summed E-state index contributed by atoms with van der Waals surface area (Å²) >= 11 is 0. The van der Waals surface area contributed by atoms with Crippen LogP contribution in [0.5, 0.6) is 0 Å². The van der Waals surface area contributed by atoms with Crippen molar-refractivity contribution < 1.29 is 18.0 Å². The van der Waals surface area contributed by atoms with Crippen LogP contribution in [0.4, 0.5) is 18.9 Å². The summed E-state index contributed by atoms with van der Waals surface area (Å²) < 4.78 is 41.5. The molecule has 7 heteroatoms. The Morgan fingerprint density at radius 1 is 0.800 bits per heavy atom. The van der Waals surface area contributed by atoms with Crippen molar-refractivity contribution in [3.8, 4) is 11.1 Å². The molecule has 1 aliphatic rings. The SMILES string of the molecule is CCn1c2ccccc2c2cc(CN3CCc4cc(NC(=O)c5ccccc5-c5ccc(C(F)(F)F)cc5)ccc4C3)ccc21. The van der Waals surface area contributed by atoms with Crippen LogP contribution in [0.25, 0.3) is 32.9 Å². The Morgan fingerprint density at radius 2 is 1.56 bits per heavy atom. The number of alkyl halides is 3. The number of benzene rings is 5. The van der Waals surface area contributed by atoms with Crippen LogP contribution in [-0.4, -0.2) is 21.9 Å². The van der Waals surface area contributed by atoms with Gasteiger partial charge in [-0.1, -0.05) is 60.7 Å². The number of fused-ring (bicyclic) bond motifs is 4. The van der Waals surface area contributed by atoms with E-state index in [2.05, 4.69) is 70.2 Å². The zero-order valence-electron chi connectivity index (χ0n) is 24.9. The predicted molar refractivity (Wildman–Crippen MR) is 174 cm³/mol. The Balaban J connectivity index is 1.06. The lowest BCUT2D eigenvalue weighted by Crippen LogP contribution is -2.30. The number of para-hydroxylation sites is 1. The minimum absolute atomic E-state index is 0.303. The van der Waals surface area contributed by atoms with E-state index in [-0.39, 0.29) is 5.91 Å². The van der Waals surface area contributed by atoms with Gasteiger partial charge in [0.15, 0.2) is 0 Å². The van der Waals surface area contributed by atoms with E-state index in [9.17, 15) is 18.0 Å². The Kier molecular flexibility index (Phi) is 7.42. The summed E-state index contributed by atoms with van der Waals surface area (Å²) in [5.74, 6) is -0.303. The zero-order chi connectivity index (χ0) is 31.1. The number of aromatic nitrogens is 1. The highest BCUT2D eigenvalue weighted by Crippen LogP contribution is 2.33. The molecule has 6 aromatic rings. The first-order valence-corrected chi connectivity index (χ1v) is 15.2. The molecule has 0 atom stereocenters. The van der Waals surface area contributed by atoms with Crippen LogP contribution in [0.1, 0.15) is 39.5 Å². The Hall–Kier alpha value is -4.88. The summed E-state index contributed by atoms with van der Waals surface area (Å²) in [5.41, 5.74) is 7.79. The average molecular weight is 604 g/mol. The fourth-order valence-corrected chi connectivity index (χ4v) is 6.59. The second kappa shape index (κ2) is 11.6. The quantitative estimate of drug-likeness (QED) is 0.206. The maximum absolute atomic E-state index is 13.4. The van der Waals surface area contributed by atoms with Gasteiger partial charge < -0.3 is 9.88 Å². The van der Waals surface area contributed by atoms with E-state index in [4.69, 9.17) is 0 Å². The number of aryl methyl sites for hydroxylation is 1. The number of halogens is 3. The number of nitrogens with zero attached hydrogens (tertiary/aromatic N) is 2. The van der Waals surface area contributed by atoms with Crippen LogP contribution >= 0.6 is 0 Å². The molecular formula is C38H32F3N3O. The highest BCUT2D eigenvalue weighted by atomic mass is 19.4. The number of amides is 1. The lowest BCUT2D eigenvalue weighted by atomic mass is 9.97. The minimum Gasteiger partial charge on any atom is -0.341 e. The topological polar surface area (TPSA) is 37.3 Å². The van der Waals surface area contributed by atoms with Crippen LogP contribution in [0.2, 0.25) is 0 Å². The summed E-state index contributed by atoms with van der Waals surface area (Å²) in [5, 5.41) is 5.59. The lowest BCUT2D eigenvalue weighted by Gasteiger charge is -2.29. The van der Waals surface area contributed by atoms with Crippen molar-refractivity contribution in [2.24, 2.45) is 0 Å². The maximum atomic E-state index is 13.4. The van der Waals surface area contributed by atoms with Gasteiger partial charge in [0, 0.05) is 59.2 Å². The molecule has 0 bridgehead atoms. The fraction of sp³-hybridized carbons (Fsp3) is 0.184. The number of hydrogen-bond acceptors (Lipinski definition) is 2. The van der Waals surface area contributed by atoms with E-state index in [1.165, 1.54) is 50.6 Å². The molecule has 0 saturated heterocycles. The highest BCUT2D eigenvalue weighted by Gasteiger charge is 2.30. The number of carbonyl (C=O) groups is 1. The van der Waals surface area contributed by atoms with Crippen molar-refractivity contribution in [1.82, 2.24) is 9.47 Å². The van der Waals surface area contributed by atoms with Crippen LogP contribution in [-0.2, 0) is 32.2 Å². The third kappa shape index (κ3) is 5.60. The standard InChI is InChI=1S/C38H32F3N3O/c1-2-44-35-10-6-5-8-32(35)34-21-25(11-18-36(34)44)23-43-20-19-27-22-30(17-14-28(27)24-43)42-37(45)33-9-4-3-7-31(33)26-12-15-29(16-13-26)38(39,40)41/h3-18,21-22H,2,19-20,23-24H2,1H3,(H,42,45). The van der Waals surface area contributed by atoms with Gasteiger partial charge in [0.1, 0.15) is 0 Å². The van der Waals surface area contributed by atoms with Crippen LogP contribution in [0.3, 0.4) is 0 Å². The van der Waals surface area contributed by atoms with Gasteiger partial charge in [0.2, 0.25) is 0 Å². The van der Waals surface area contributed by atoms with Gasteiger partial charge >= 0.3 is 6.18 Å². The van der Waals surface area contributed by atoms with Crippen LogP contribution in [0.15, 0.2) is 109 Å². The number of rotatable bonds is 6. The van der Waals surface area contributed by atoms with E-state index < -0.39 is 11.7 Å². The molecule has 1 amide bonds. The third-order valence-corrected chi connectivity index (χ3v) is 8.81. The van der Waals surface area contributed by atoms with Crippen LogP contribution in [0, 0.1) is 0 Å². The monoisotopic (exact) mass is 603 g/mol. The molecule has 5 aromatic carbocycles. The van der Waals surface area contributed by atoms with E-state index in [0.717, 1.165) is 44.7 Å². The van der Waals surface area contributed by atoms with Gasteiger partial charge in [-0.3, -0.25) is 9.69 Å². The fourth-order valence-electron chi connectivity index (χ4n) is 6.59. The molecule has 226 valence electrons. The number of carbonyl (C=O) groups excluding carboxylic acids is 1. The van der Waals surface area contributed by atoms with E-state index in [0.29, 0.717) is 22.4 Å². The summed E-state index contributed by atoms with van der Waals surface area (Å²) in [6, 6.07) is 33.3. The molecule has 2 heterocycles. The first-order valence-electron chi connectivity index (χ1n) is 15.2. The van der Waals surface area contributed by atoms with E-state index >= 15 is 0 Å². The van der Waals surface area contributed by atoms with Crippen molar-refractivity contribution in [2.45, 2.75) is 39.2 Å². The van der Waals surface area contributed by atoms with Crippen molar-refractivity contribution in [1.29, 1.82) is 0 Å². The van der Waals surface area contributed by atoms with Gasteiger partial charge in [-0.2, -0.15) is 13.2 Å². The molecule has 0 aliphatic carbocycles. The molecule has 0 spiro atoms. The Bertz CT molecular complexity index is 2040. The van der Waals surface area contributed by atoms with E-state index in [1.54, 1.807) is 24.3 Å². The van der Waals surface area contributed by atoms with Gasteiger partial charge in [-0.25, -0.2) is 0 Å². The Labute approximate surface area is 259 Å². The molecule has 0 radical (unpaired) electrons. The molecule has 7 rings (SSSR count). The lowest BCUT2D eigenvalue weighted by molar-refractivity contribution is -0.137. The third-order valence-electron chi connectivity index (χ3n) is 8.81. The molecule has 0 fully saturated rings. The van der Waals surface area contributed by atoms with Crippen molar-refractivity contribution in [3.05, 3.63) is 137 Å². The summed E-state index contributed by atoms with van der Waals surface area (Å²) in [6.07, 6.45) is -3.54. The second-order valence-corrected chi connectivity index (χ2v) is 11.6. The van der Waals surface area contributed by atoms with Crippen molar-refractivity contribution >= 4 is 33.4 Å². The number of hydrogen-bond donors (Lipinski definition) is 1. The molecule has 1 aromatic heterocycles. The van der Waals surface area contributed by atoms with Gasteiger partial charge in [-0.15, -0.1) is 0 Å². The smallest absolute Gasteiger partial charge is 0.341 e. The molecular weight excluding hydrogens is 571 g/mol. The van der Waals surface area contributed by atoms with Crippen molar-refractivity contribution in [2.75, 3.05) is 11.9 Å². The molecule has 1 aliphatic heterocycles. The predicted octanol–water partition coefficient (Wildman–Crippen LogP) is 9.31. The first kappa shape index (κ1) is 28.9. The largest absolute Gasteiger partial charge is 0.416 e. The van der Waals surface area contributed by atoms with E-state index in [1.807, 2.05) is 12.1 Å². The van der Waals surface area contributed by atoms with Gasteiger partial charge in [-0.05, 0) is 89.7 Å². The number of anilines is 1. The summed E-state index contributed by atoms with van der Waals surface area (Å²) in [7, 11) is 0. The normalized spacial score (nSPS) is 13.7.